The number of thioether (sulfide) groups is 1. The van der Waals surface area contributed by atoms with Gasteiger partial charge in [-0.3, -0.25) is 9.59 Å². The van der Waals surface area contributed by atoms with Crippen LogP contribution in [0.25, 0.3) is 0 Å². The summed E-state index contributed by atoms with van der Waals surface area (Å²) in [4.78, 5) is 34.3. The van der Waals surface area contributed by atoms with Gasteiger partial charge in [0, 0.05) is 31.1 Å². The third-order valence-electron chi connectivity index (χ3n) is 5.05. The molecule has 0 spiro atoms. The van der Waals surface area contributed by atoms with Gasteiger partial charge in [0.05, 0.1) is 21.9 Å². The fraction of sp³-hybridized carbons (Fsp3) is 0.273. The van der Waals surface area contributed by atoms with Crippen molar-refractivity contribution in [1.29, 1.82) is 0 Å². The van der Waals surface area contributed by atoms with E-state index in [1.165, 1.54) is 23.9 Å². The number of aromatic nitrogens is 2. The van der Waals surface area contributed by atoms with Gasteiger partial charge in [-0.15, -0.1) is 11.8 Å². The first kappa shape index (κ1) is 22.3. The molecule has 0 radical (unpaired) electrons. The Bertz CT molecular complexity index is 1150. The molecule has 166 valence electrons. The molecule has 0 saturated carbocycles. The first-order chi connectivity index (χ1) is 15.4. The molecule has 3 aromatic rings. The summed E-state index contributed by atoms with van der Waals surface area (Å²) in [6, 6.07) is 11.1. The van der Waals surface area contributed by atoms with Crippen molar-refractivity contribution >= 4 is 35.2 Å². The SMILES string of the molecule is Cc1noc(CSc2ccccc2C(=O)N2CCN(C(=O)c3ccc(F)cc3Cl)CC2)n1. The number of aryl methyl sites for hydroxylation is 1. The maximum absolute atomic E-state index is 13.3. The van der Waals surface area contributed by atoms with Gasteiger partial charge in [0.2, 0.25) is 5.89 Å². The molecule has 1 aliphatic heterocycles. The summed E-state index contributed by atoms with van der Waals surface area (Å²) < 4.78 is 18.4. The second-order valence-corrected chi connectivity index (χ2v) is 8.65. The second-order valence-electron chi connectivity index (χ2n) is 7.23. The Labute approximate surface area is 193 Å². The highest BCUT2D eigenvalue weighted by atomic mass is 35.5. The Morgan fingerprint density at radius 2 is 1.72 bits per heavy atom. The fourth-order valence-electron chi connectivity index (χ4n) is 3.42. The molecule has 7 nitrogen and oxygen atoms in total. The molecule has 0 bridgehead atoms. The summed E-state index contributed by atoms with van der Waals surface area (Å²) in [5.41, 5.74) is 0.848. The van der Waals surface area contributed by atoms with E-state index in [2.05, 4.69) is 10.1 Å². The van der Waals surface area contributed by atoms with Gasteiger partial charge in [0.25, 0.3) is 11.8 Å². The monoisotopic (exact) mass is 474 g/mol. The van der Waals surface area contributed by atoms with Crippen molar-refractivity contribution in [3.63, 3.8) is 0 Å². The quantitative estimate of drug-likeness (QED) is 0.519. The molecule has 1 aromatic heterocycles. The Kier molecular flexibility index (Phi) is 6.76. The largest absolute Gasteiger partial charge is 0.338 e. The number of hydrogen-bond acceptors (Lipinski definition) is 6. The molecule has 1 fully saturated rings. The molecule has 0 N–H and O–H groups in total. The summed E-state index contributed by atoms with van der Waals surface area (Å²) in [5.74, 6) is 0.675. The number of rotatable bonds is 5. The zero-order chi connectivity index (χ0) is 22.7. The van der Waals surface area contributed by atoms with Crippen LogP contribution in [-0.2, 0) is 5.75 Å². The number of halogens is 2. The molecule has 2 amide bonds. The summed E-state index contributed by atoms with van der Waals surface area (Å²) >= 11 is 7.48. The van der Waals surface area contributed by atoms with Crippen LogP contribution in [0, 0.1) is 12.7 Å². The topological polar surface area (TPSA) is 79.5 Å². The lowest BCUT2D eigenvalue weighted by Crippen LogP contribution is -2.50. The summed E-state index contributed by atoms with van der Waals surface area (Å²) in [7, 11) is 0. The Hall–Kier alpha value is -2.91. The van der Waals surface area contributed by atoms with Crippen LogP contribution in [0.5, 0.6) is 0 Å². The molecule has 0 aliphatic carbocycles. The summed E-state index contributed by atoms with van der Waals surface area (Å²) in [6.07, 6.45) is 0. The van der Waals surface area contributed by atoms with Gasteiger partial charge >= 0.3 is 0 Å². The van der Waals surface area contributed by atoms with E-state index < -0.39 is 5.82 Å². The smallest absolute Gasteiger partial charge is 0.255 e. The molecule has 1 aliphatic rings. The molecular weight excluding hydrogens is 455 g/mol. The van der Waals surface area contributed by atoms with E-state index in [0.717, 1.165) is 11.0 Å². The van der Waals surface area contributed by atoms with Crippen LogP contribution >= 0.6 is 23.4 Å². The minimum absolute atomic E-state index is 0.0795. The van der Waals surface area contributed by atoms with Crippen LogP contribution in [-0.4, -0.2) is 57.9 Å². The van der Waals surface area contributed by atoms with Gasteiger partial charge in [0.15, 0.2) is 5.82 Å². The minimum Gasteiger partial charge on any atom is -0.338 e. The van der Waals surface area contributed by atoms with Crippen LogP contribution in [0.2, 0.25) is 5.02 Å². The van der Waals surface area contributed by atoms with Gasteiger partial charge in [0.1, 0.15) is 5.82 Å². The molecule has 0 unspecified atom stereocenters. The molecule has 4 rings (SSSR count). The highest BCUT2D eigenvalue weighted by Crippen LogP contribution is 2.27. The third kappa shape index (κ3) is 4.94. The normalized spacial score (nSPS) is 14.0. The number of amides is 2. The van der Waals surface area contributed by atoms with Gasteiger partial charge in [-0.2, -0.15) is 4.98 Å². The maximum atomic E-state index is 13.3. The number of benzene rings is 2. The zero-order valence-corrected chi connectivity index (χ0v) is 18.8. The van der Waals surface area contributed by atoms with Gasteiger partial charge in [-0.05, 0) is 37.3 Å². The van der Waals surface area contributed by atoms with E-state index in [1.807, 2.05) is 18.2 Å². The first-order valence-electron chi connectivity index (χ1n) is 9.97. The summed E-state index contributed by atoms with van der Waals surface area (Å²) in [6.45, 7) is 3.28. The molecular formula is C22H20ClFN4O3S. The third-order valence-corrected chi connectivity index (χ3v) is 6.42. The van der Waals surface area contributed by atoms with Crippen molar-refractivity contribution in [3.8, 4) is 0 Å². The van der Waals surface area contributed by atoms with Crippen molar-refractivity contribution in [2.45, 2.75) is 17.6 Å². The number of nitrogens with zero attached hydrogens (tertiary/aromatic N) is 4. The predicted octanol–water partition coefficient (Wildman–Crippen LogP) is 4.06. The molecule has 2 aromatic carbocycles. The number of carbonyl (C=O) groups excluding carboxylic acids is 2. The Balaban J connectivity index is 1.40. The number of hydrogen-bond donors (Lipinski definition) is 0. The number of piperazine rings is 1. The van der Waals surface area contributed by atoms with Gasteiger partial charge < -0.3 is 14.3 Å². The molecule has 10 heteroatoms. The van der Waals surface area contributed by atoms with Crippen molar-refractivity contribution in [2.75, 3.05) is 26.2 Å². The average Bonchev–Trinajstić information content (AvgIpc) is 3.22. The Morgan fingerprint density at radius 3 is 2.34 bits per heavy atom. The lowest BCUT2D eigenvalue weighted by molar-refractivity contribution is 0.0533. The highest BCUT2D eigenvalue weighted by Gasteiger charge is 2.27. The molecule has 32 heavy (non-hydrogen) atoms. The van der Waals surface area contributed by atoms with Crippen LogP contribution in [0.1, 0.15) is 32.4 Å². The lowest BCUT2D eigenvalue weighted by atomic mass is 10.1. The predicted molar refractivity (Wildman–Crippen MR) is 118 cm³/mol. The molecule has 2 heterocycles. The van der Waals surface area contributed by atoms with Crippen LogP contribution in [0.15, 0.2) is 51.9 Å². The highest BCUT2D eigenvalue weighted by molar-refractivity contribution is 7.98. The standard InChI is InChI=1S/C22H20ClFN4O3S/c1-14-25-20(31-26-14)13-32-19-5-3-2-4-17(19)22(30)28-10-8-27(9-11-28)21(29)16-7-6-15(24)12-18(16)23/h2-7,12H,8-11,13H2,1H3. The van der Waals surface area contributed by atoms with E-state index in [1.54, 1.807) is 22.8 Å². The zero-order valence-electron chi connectivity index (χ0n) is 17.3. The summed E-state index contributed by atoms with van der Waals surface area (Å²) in [5, 5.41) is 3.86. The maximum Gasteiger partial charge on any atom is 0.255 e. The minimum atomic E-state index is -0.493. The van der Waals surface area contributed by atoms with Crippen LogP contribution < -0.4 is 0 Å². The second kappa shape index (κ2) is 9.70. The van der Waals surface area contributed by atoms with Crippen molar-refractivity contribution in [1.82, 2.24) is 19.9 Å². The lowest BCUT2D eigenvalue weighted by Gasteiger charge is -2.35. The first-order valence-corrected chi connectivity index (χ1v) is 11.3. The molecule has 0 atom stereocenters. The fourth-order valence-corrected chi connectivity index (χ4v) is 4.55. The number of carbonyl (C=O) groups is 2. The van der Waals surface area contributed by atoms with Crippen molar-refractivity contribution in [3.05, 3.63) is 76.1 Å². The van der Waals surface area contributed by atoms with E-state index in [-0.39, 0.29) is 22.4 Å². The molecule has 1 saturated heterocycles. The van der Waals surface area contributed by atoms with E-state index in [9.17, 15) is 14.0 Å². The van der Waals surface area contributed by atoms with E-state index in [0.29, 0.717) is 49.2 Å². The van der Waals surface area contributed by atoms with Crippen LogP contribution in [0.4, 0.5) is 4.39 Å². The van der Waals surface area contributed by atoms with Crippen molar-refractivity contribution < 1.29 is 18.5 Å². The van der Waals surface area contributed by atoms with Gasteiger partial charge in [-0.25, -0.2) is 4.39 Å². The average molecular weight is 475 g/mol. The van der Waals surface area contributed by atoms with Crippen LogP contribution in [0.3, 0.4) is 0 Å². The van der Waals surface area contributed by atoms with E-state index in [4.69, 9.17) is 16.1 Å². The Morgan fingerprint density at radius 1 is 1.06 bits per heavy atom. The van der Waals surface area contributed by atoms with Crippen molar-refractivity contribution in [2.24, 2.45) is 0 Å². The van der Waals surface area contributed by atoms with E-state index >= 15 is 0 Å². The van der Waals surface area contributed by atoms with Gasteiger partial charge in [-0.1, -0.05) is 28.9 Å².